The maximum atomic E-state index is 12.2. The molecule has 1 aliphatic rings. The lowest BCUT2D eigenvalue weighted by Crippen LogP contribution is -2.35. The molecule has 3 N–H and O–H groups in total. The summed E-state index contributed by atoms with van der Waals surface area (Å²) in [4.78, 5) is 16.6. The van der Waals surface area contributed by atoms with E-state index in [0.29, 0.717) is 17.5 Å². The molecule has 22 heavy (non-hydrogen) atoms. The highest BCUT2D eigenvalue weighted by molar-refractivity contribution is 7.22. The summed E-state index contributed by atoms with van der Waals surface area (Å²) in [5, 5.41) is 3.55. The Kier molecular flexibility index (Phi) is 4.59. The van der Waals surface area contributed by atoms with E-state index in [0.717, 1.165) is 28.8 Å². The van der Waals surface area contributed by atoms with Crippen LogP contribution in [0.2, 0.25) is 0 Å². The standard InChI is InChI=1S/C16H21N3O2S/c1-21-11-6-7-13-14(9-11)22-16(18-13)19-15(20)8-10-4-2-3-5-12(10)17/h6-7,9-10,12H,2-5,8,17H2,1H3,(H,18,19,20). The molecule has 0 spiro atoms. The lowest BCUT2D eigenvalue weighted by atomic mass is 9.83. The van der Waals surface area contributed by atoms with E-state index < -0.39 is 0 Å². The van der Waals surface area contributed by atoms with Crippen LogP contribution in [0.25, 0.3) is 10.2 Å². The Hall–Kier alpha value is -1.66. The quantitative estimate of drug-likeness (QED) is 0.907. The lowest BCUT2D eigenvalue weighted by molar-refractivity contribution is -0.117. The first-order chi connectivity index (χ1) is 10.7. The van der Waals surface area contributed by atoms with Crippen LogP contribution in [0, 0.1) is 5.92 Å². The molecule has 1 aromatic heterocycles. The summed E-state index contributed by atoms with van der Waals surface area (Å²) in [6, 6.07) is 5.85. The lowest BCUT2D eigenvalue weighted by Gasteiger charge is -2.27. The maximum Gasteiger partial charge on any atom is 0.226 e. The molecule has 1 saturated carbocycles. The van der Waals surface area contributed by atoms with Gasteiger partial charge in [-0.2, -0.15) is 0 Å². The van der Waals surface area contributed by atoms with Crippen LogP contribution in [0.4, 0.5) is 5.13 Å². The van der Waals surface area contributed by atoms with Gasteiger partial charge in [-0.25, -0.2) is 4.98 Å². The van der Waals surface area contributed by atoms with Gasteiger partial charge in [0.25, 0.3) is 0 Å². The minimum absolute atomic E-state index is 0.00775. The first-order valence-corrected chi connectivity index (χ1v) is 8.47. The van der Waals surface area contributed by atoms with Gasteiger partial charge in [-0.3, -0.25) is 4.79 Å². The van der Waals surface area contributed by atoms with Crippen molar-refractivity contribution >= 4 is 32.6 Å². The molecular weight excluding hydrogens is 298 g/mol. The van der Waals surface area contributed by atoms with E-state index in [4.69, 9.17) is 10.5 Å². The highest BCUT2D eigenvalue weighted by atomic mass is 32.1. The third-order valence-electron chi connectivity index (χ3n) is 4.26. The fourth-order valence-electron chi connectivity index (χ4n) is 2.98. The Morgan fingerprint density at radius 2 is 2.27 bits per heavy atom. The van der Waals surface area contributed by atoms with Gasteiger partial charge in [0.05, 0.1) is 17.3 Å². The molecular formula is C16H21N3O2S. The number of carbonyl (C=O) groups is 1. The summed E-state index contributed by atoms with van der Waals surface area (Å²) in [5.41, 5.74) is 6.98. The van der Waals surface area contributed by atoms with Crippen LogP contribution in [0.5, 0.6) is 5.75 Å². The van der Waals surface area contributed by atoms with Crippen molar-refractivity contribution in [3.63, 3.8) is 0 Å². The van der Waals surface area contributed by atoms with Crippen LogP contribution in [0.15, 0.2) is 18.2 Å². The fraction of sp³-hybridized carbons (Fsp3) is 0.500. The third-order valence-corrected chi connectivity index (χ3v) is 5.19. The maximum absolute atomic E-state index is 12.2. The van der Waals surface area contributed by atoms with E-state index in [-0.39, 0.29) is 11.9 Å². The number of nitrogens with one attached hydrogen (secondary N) is 1. The fourth-order valence-corrected chi connectivity index (χ4v) is 3.89. The molecule has 3 rings (SSSR count). The minimum Gasteiger partial charge on any atom is -0.497 e. The molecule has 2 unspecified atom stereocenters. The minimum atomic E-state index is 0.00775. The molecule has 6 heteroatoms. The van der Waals surface area contributed by atoms with Crippen molar-refractivity contribution < 1.29 is 9.53 Å². The van der Waals surface area contributed by atoms with E-state index >= 15 is 0 Å². The van der Waals surface area contributed by atoms with Gasteiger partial charge < -0.3 is 15.8 Å². The number of aromatic nitrogens is 1. The summed E-state index contributed by atoms with van der Waals surface area (Å²) < 4.78 is 6.21. The molecule has 1 aliphatic carbocycles. The van der Waals surface area contributed by atoms with Crippen LogP contribution in [0.1, 0.15) is 32.1 Å². The number of thiazole rings is 1. The van der Waals surface area contributed by atoms with Crippen molar-refractivity contribution in [2.75, 3.05) is 12.4 Å². The van der Waals surface area contributed by atoms with Gasteiger partial charge in [-0.1, -0.05) is 24.2 Å². The second-order valence-electron chi connectivity index (χ2n) is 5.81. The number of nitrogens with zero attached hydrogens (tertiary/aromatic N) is 1. The Balaban J connectivity index is 1.65. The van der Waals surface area contributed by atoms with E-state index in [2.05, 4.69) is 10.3 Å². The summed E-state index contributed by atoms with van der Waals surface area (Å²) in [6.45, 7) is 0. The Morgan fingerprint density at radius 1 is 1.45 bits per heavy atom. The van der Waals surface area contributed by atoms with Crippen LogP contribution in [0.3, 0.4) is 0 Å². The largest absolute Gasteiger partial charge is 0.497 e. The topological polar surface area (TPSA) is 77.2 Å². The third kappa shape index (κ3) is 3.39. The molecule has 0 radical (unpaired) electrons. The van der Waals surface area contributed by atoms with Gasteiger partial charge in [-0.15, -0.1) is 0 Å². The molecule has 1 fully saturated rings. The zero-order chi connectivity index (χ0) is 15.5. The van der Waals surface area contributed by atoms with Crippen LogP contribution < -0.4 is 15.8 Å². The van der Waals surface area contributed by atoms with Crippen LogP contribution in [-0.4, -0.2) is 24.0 Å². The zero-order valence-electron chi connectivity index (χ0n) is 12.7. The molecule has 0 saturated heterocycles. The Labute approximate surface area is 133 Å². The van der Waals surface area contributed by atoms with Crippen LogP contribution in [-0.2, 0) is 4.79 Å². The molecule has 2 atom stereocenters. The van der Waals surface area contributed by atoms with Crippen molar-refractivity contribution in [2.45, 2.75) is 38.1 Å². The number of benzene rings is 1. The molecule has 1 aromatic carbocycles. The number of rotatable bonds is 4. The molecule has 5 nitrogen and oxygen atoms in total. The molecule has 0 aliphatic heterocycles. The summed E-state index contributed by atoms with van der Waals surface area (Å²) in [5.74, 6) is 1.10. The number of methoxy groups -OCH3 is 1. The van der Waals surface area contributed by atoms with E-state index in [1.807, 2.05) is 18.2 Å². The van der Waals surface area contributed by atoms with Gasteiger partial charge >= 0.3 is 0 Å². The average molecular weight is 319 g/mol. The predicted molar refractivity (Wildman–Crippen MR) is 89.4 cm³/mol. The number of anilines is 1. The van der Waals surface area contributed by atoms with E-state index in [1.165, 1.54) is 24.2 Å². The molecule has 2 aromatic rings. The molecule has 1 heterocycles. The number of amides is 1. The monoisotopic (exact) mass is 319 g/mol. The highest BCUT2D eigenvalue weighted by Crippen LogP contribution is 2.30. The van der Waals surface area contributed by atoms with E-state index in [9.17, 15) is 4.79 Å². The van der Waals surface area contributed by atoms with Gasteiger partial charge in [-0.05, 0) is 37.0 Å². The first kappa shape index (κ1) is 15.2. The zero-order valence-corrected chi connectivity index (χ0v) is 13.5. The normalized spacial score (nSPS) is 21.7. The Morgan fingerprint density at radius 3 is 3.05 bits per heavy atom. The second-order valence-corrected chi connectivity index (χ2v) is 6.84. The van der Waals surface area contributed by atoms with Gasteiger partial charge in [0, 0.05) is 12.5 Å². The van der Waals surface area contributed by atoms with Gasteiger partial charge in [0.1, 0.15) is 5.75 Å². The highest BCUT2D eigenvalue weighted by Gasteiger charge is 2.24. The molecule has 118 valence electrons. The average Bonchev–Trinajstić information content (AvgIpc) is 2.90. The van der Waals surface area contributed by atoms with Crippen molar-refractivity contribution in [3.8, 4) is 5.75 Å². The number of nitrogens with two attached hydrogens (primary N) is 1. The van der Waals surface area contributed by atoms with Crippen molar-refractivity contribution in [3.05, 3.63) is 18.2 Å². The number of hydrogen-bond donors (Lipinski definition) is 2. The second kappa shape index (κ2) is 6.62. The van der Waals surface area contributed by atoms with Gasteiger partial charge in [0.15, 0.2) is 5.13 Å². The molecule has 1 amide bonds. The van der Waals surface area contributed by atoms with Crippen molar-refractivity contribution in [2.24, 2.45) is 11.7 Å². The Bertz CT molecular complexity index is 670. The predicted octanol–water partition coefficient (Wildman–Crippen LogP) is 3.15. The smallest absolute Gasteiger partial charge is 0.226 e. The molecule has 0 bridgehead atoms. The number of fused-ring (bicyclic) bond motifs is 1. The number of carbonyl (C=O) groups excluding carboxylic acids is 1. The van der Waals surface area contributed by atoms with Crippen LogP contribution >= 0.6 is 11.3 Å². The number of ether oxygens (including phenoxy) is 1. The summed E-state index contributed by atoms with van der Waals surface area (Å²) in [7, 11) is 1.64. The summed E-state index contributed by atoms with van der Waals surface area (Å²) in [6.07, 6.45) is 4.91. The SMILES string of the molecule is COc1ccc2nc(NC(=O)CC3CCCCC3N)sc2c1. The summed E-state index contributed by atoms with van der Waals surface area (Å²) >= 11 is 1.46. The van der Waals surface area contributed by atoms with Crippen molar-refractivity contribution in [1.82, 2.24) is 4.98 Å². The first-order valence-electron chi connectivity index (χ1n) is 7.65. The number of hydrogen-bond acceptors (Lipinski definition) is 5. The van der Waals surface area contributed by atoms with Crippen molar-refractivity contribution in [1.29, 1.82) is 0 Å². The van der Waals surface area contributed by atoms with Gasteiger partial charge in [0.2, 0.25) is 5.91 Å². The van der Waals surface area contributed by atoms with E-state index in [1.54, 1.807) is 7.11 Å².